The van der Waals surface area contributed by atoms with Gasteiger partial charge in [-0.2, -0.15) is 10.4 Å². The van der Waals surface area contributed by atoms with Gasteiger partial charge >= 0.3 is 0 Å². The Kier molecular flexibility index (Phi) is 5.13. The van der Waals surface area contributed by atoms with Crippen molar-refractivity contribution in [3.05, 3.63) is 77.1 Å². The van der Waals surface area contributed by atoms with E-state index in [2.05, 4.69) is 16.5 Å². The van der Waals surface area contributed by atoms with Crippen molar-refractivity contribution in [1.82, 2.24) is 9.78 Å². The summed E-state index contributed by atoms with van der Waals surface area (Å²) in [4.78, 5) is 25.1. The smallest absolute Gasteiger partial charge is 0.296 e. The van der Waals surface area contributed by atoms with Gasteiger partial charge in [0, 0.05) is 5.69 Å². The molecule has 6 heteroatoms. The standard InChI is InChI=1S/C21H18N4O2/c1-14-19(15(2)25(24-14)18-6-4-3-5-7-18)20(26)21(27)23-17-10-8-16(9-11-17)12-13-22/h3-11H,12H2,1-2H3,(H,23,27). The summed E-state index contributed by atoms with van der Waals surface area (Å²) in [6.07, 6.45) is 0.296. The van der Waals surface area contributed by atoms with Gasteiger partial charge in [0.05, 0.1) is 35.1 Å². The number of aromatic nitrogens is 2. The van der Waals surface area contributed by atoms with Gasteiger partial charge in [0.2, 0.25) is 0 Å². The third kappa shape index (κ3) is 3.77. The van der Waals surface area contributed by atoms with Gasteiger partial charge in [-0.15, -0.1) is 0 Å². The quantitative estimate of drug-likeness (QED) is 0.559. The van der Waals surface area contributed by atoms with Crippen molar-refractivity contribution in [2.45, 2.75) is 20.3 Å². The van der Waals surface area contributed by atoms with Crippen LogP contribution in [0.4, 0.5) is 5.69 Å². The lowest BCUT2D eigenvalue weighted by atomic mass is 10.1. The highest BCUT2D eigenvalue weighted by molar-refractivity contribution is 6.47. The summed E-state index contributed by atoms with van der Waals surface area (Å²) in [5, 5.41) is 15.7. The summed E-state index contributed by atoms with van der Waals surface area (Å²) in [5.41, 5.74) is 3.59. The SMILES string of the molecule is Cc1nn(-c2ccccc2)c(C)c1C(=O)C(=O)Nc1ccc(CC#N)cc1. The molecule has 6 nitrogen and oxygen atoms in total. The third-order valence-corrected chi connectivity index (χ3v) is 4.22. The van der Waals surface area contributed by atoms with Crippen LogP contribution in [0.15, 0.2) is 54.6 Å². The van der Waals surface area contributed by atoms with Crippen LogP contribution in [0.1, 0.15) is 27.3 Å². The first kappa shape index (κ1) is 18.1. The molecule has 134 valence electrons. The zero-order valence-corrected chi connectivity index (χ0v) is 15.1. The molecular formula is C21H18N4O2. The van der Waals surface area contributed by atoms with Crippen molar-refractivity contribution in [1.29, 1.82) is 5.26 Å². The molecular weight excluding hydrogens is 340 g/mol. The van der Waals surface area contributed by atoms with Gasteiger partial charge in [0.1, 0.15) is 0 Å². The zero-order chi connectivity index (χ0) is 19.4. The van der Waals surface area contributed by atoms with Crippen molar-refractivity contribution in [3.63, 3.8) is 0 Å². The van der Waals surface area contributed by atoms with E-state index in [1.54, 1.807) is 42.8 Å². The van der Waals surface area contributed by atoms with Crippen molar-refractivity contribution < 1.29 is 9.59 Å². The Balaban J connectivity index is 1.82. The molecule has 0 fully saturated rings. The number of para-hydroxylation sites is 1. The zero-order valence-electron chi connectivity index (χ0n) is 15.1. The molecule has 0 unspecified atom stereocenters. The summed E-state index contributed by atoms with van der Waals surface area (Å²) in [6, 6.07) is 18.3. The molecule has 0 aliphatic heterocycles. The highest BCUT2D eigenvalue weighted by atomic mass is 16.2. The van der Waals surface area contributed by atoms with Crippen LogP contribution in [0.5, 0.6) is 0 Å². The lowest BCUT2D eigenvalue weighted by molar-refractivity contribution is -0.112. The molecule has 3 aromatic rings. The van der Waals surface area contributed by atoms with Crippen LogP contribution in [0.2, 0.25) is 0 Å². The van der Waals surface area contributed by atoms with Gasteiger partial charge in [-0.3, -0.25) is 9.59 Å². The summed E-state index contributed by atoms with van der Waals surface area (Å²) in [6.45, 7) is 3.48. The number of aryl methyl sites for hydroxylation is 1. The number of hydrogen-bond acceptors (Lipinski definition) is 4. The molecule has 1 heterocycles. The second kappa shape index (κ2) is 7.67. The van der Waals surface area contributed by atoms with Crippen molar-refractivity contribution in [3.8, 4) is 11.8 Å². The van der Waals surface area contributed by atoms with E-state index in [4.69, 9.17) is 5.26 Å². The molecule has 0 saturated carbocycles. The van der Waals surface area contributed by atoms with Gasteiger partial charge < -0.3 is 5.32 Å². The number of anilines is 1. The number of nitriles is 1. The Hall–Kier alpha value is -3.72. The van der Waals surface area contributed by atoms with Crippen LogP contribution in [0.3, 0.4) is 0 Å². The van der Waals surface area contributed by atoms with Crippen LogP contribution in [-0.2, 0) is 11.2 Å². The largest absolute Gasteiger partial charge is 0.319 e. The molecule has 0 spiro atoms. The minimum absolute atomic E-state index is 0.296. The number of carbonyl (C=O) groups excluding carboxylic acids is 2. The molecule has 27 heavy (non-hydrogen) atoms. The molecule has 0 saturated heterocycles. The normalized spacial score (nSPS) is 10.3. The first-order valence-corrected chi connectivity index (χ1v) is 8.44. The van der Waals surface area contributed by atoms with E-state index in [-0.39, 0.29) is 0 Å². The molecule has 1 N–H and O–H groups in total. The Morgan fingerprint density at radius 1 is 1.07 bits per heavy atom. The second-order valence-corrected chi connectivity index (χ2v) is 6.11. The molecule has 3 rings (SSSR count). The fourth-order valence-electron chi connectivity index (χ4n) is 2.89. The lowest BCUT2D eigenvalue weighted by Gasteiger charge is -2.06. The molecule has 1 amide bonds. The van der Waals surface area contributed by atoms with E-state index in [0.29, 0.717) is 29.1 Å². The lowest BCUT2D eigenvalue weighted by Crippen LogP contribution is -2.24. The Morgan fingerprint density at radius 2 is 1.74 bits per heavy atom. The molecule has 1 aromatic heterocycles. The van der Waals surface area contributed by atoms with Crippen LogP contribution in [0.25, 0.3) is 5.69 Å². The highest BCUT2D eigenvalue weighted by Gasteiger charge is 2.25. The molecule has 0 aliphatic carbocycles. The number of amides is 1. The predicted molar refractivity (Wildman–Crippen MR) is 102 cm³/mol. The summed E-state index contributed by atoms with van der Waals surface area (Å²) >= 11 is 0. The topological polar surface area (TPSA) is 87.8 Å². The summed E-state index contributed by atoms with van der Waals surface area (Å²) in [7, 11) is 0. The predicted octanol–water partition coefficient (Wildman–Crippen LogP) is 3.38. The van der Waals surface area contributed by atoms with Crippen molar-refractivity contribution in [2.24, 2.45) is 0 Å². The van der Waals surface area contributed by atoms with Crippen LogP contribution in [0, 0.1) is 25.2 Å². The van der Waals surface area contributed by atoms with E-state index >= 15 is 0 Å². The van der Waals surface area contributed by atoms with Gasteiger partial charge in [-0.25, -0.2) is 4.68 Å². The number of benzene rings is 2. The number of nitrogens with zero attached hydrogens (tertiary/aromatic N) is 3. The first-order valence-electron chi connectivity index (χ1n) is 8.44. The van der Waals surface area contributed by atoms with E-state index in [1.165, 1.54) is 0 Å². The minimum Gasteiger partial charge on any atom is -0.319 e. The Morgan fingerprint density at radius 3 is 2.37 bits per heavy atom. The third-order valence-electron chi connectivity index (χ3n) is 4.22. The molecule has 2 aromatic carbocycles. The van der Waals surface area contributed by atoms with Crippen molar-refractivity contribution in [2.75, 3.05) is 5.32 Å². The molecule has 0 atom stereocenters. The monoisotopic (exact) mass is 358 g/mol. The fourth-order valence-corrected chi connectivity index (χ4v) is 2.89. The van der Waals surface area contributed by atoms with Gasteiger partial charge in [-0.05, 0) is 43.7 Å². The number of nitrogens with one attached hydrogen (secondary N) is 1. The average Bonchev–Trinajstić information content (AvgIpc) is 2.98. The molecule has 0 radical (unpaired) electrons. The van der Waals surface area contributed by atoms with E-state index in [1.807, 2.05) is 30.3 Å². The summed E-state index contributed by atoms with van der Waals surface area (Å²) in [5.74, 6) is -1.35. The van der Waals surface area contributed by atoms with Gasteiger partial charge in [0.15, 0.2) is 0 Å². The van der Waals surface area contributed by atoms with E-state index in [0.717, 1.165) is 11.3 Å². The Labute approximate surface area is 157 Å². The average molecular weight is 358 g/mol. The van der Waals surface area contributed by atoms with Crippen LogP contribution >= 0.6 is 0 Å². The van der Waals surface area contributed by atoms with Gasteiger partial charge in [0.25, 0.3) is 11.7 Å². The highest BCUT2D eigenvalue weighted by Crippen LogP contribution is 2.19. The Bertz CT molecular complexity index is 1030. The van der Waals surface area contributed by atoms with Gasteiger partial charge in [-0.1, -0.05) is 30.3 Å². The van der Waals surface area contributed by atoms with Crippen molar-refractivity contribution >= 4 is 17.4 Å². The minimum atomic E-state index is -0.721. The van der Waals surface area contributed by atoms with Crippen LogP contribution in [-0.4, -0.2) is 21.5 Å². The number of ketones is 1. The second-order valence-electron chi connectivity index (χ2n) is 6.11. The van der Waals surface area contributed by atoms with E-state index in [9.17, 15) is 9.59 Å². The number of rotatable bonds is 5. The molecule has 0 bridgehead atoms. The number of hydrogen-bond donors (Lipinski definition) is 1. The molecule has 0 aliphatic rings. The number of Topliss-reactive ketones (excluding diaryl/α,β-unsaturated/α-hetero) is 1. The first-order chi connectivity index (χ1) is 13.0. The van der Waals surface area contributed by atoms with E-state index < -0.39 is 11.7 Å². The number of carbonyl (C=O) groups is 2. The maximum atomic E-state index is 12.7. The van der Waals surface area contributed by atoms with Crippen LogP contribution < -0.4 is 5.32 Å². The summed E-state index contributed by atoms with van der Waals surface area (Å²) < 4.78 is 1.66. The fraction of sp³-hybridized carbons (Fsp3) is 0.143. The maximum absolute atomic E-state index is 12.7. The maximum Gasteiger partial charge on any atom is 0.296 e.